The number of carbonyl (C=O) groups excluding carboxylic acids is 1. The summed E-state index contributed by atoms with van der Waals surface area (Å²) in [4.78, 5) is 24.9. The highest BCUT2D eigenvalue weighted by molar-refractivity contribution is 5.74. The number of carboxylic acids is 1. The van der Waals surface area contributed by atoms with Gasteiger partial charge in [0.05, 0.1) is 0 Å². The molecular formula is C15H28N2O3. The first-order valence-corrected chi connectivity index (χ1v) is 7.84. The van der Waals surface area contributed by atoms with Gasteiger partial charge in [-0.15, -0.1) is 0 Å². The number of rotatable bonds is 7. The van der Waals surface area contributed by atoms with Gasteiger partial charge in [0.2, 0.25) is 0 Å². The highest BCUT2D eigenvalue weighted by Crippen LogP contribution is 2.22. The van der Waals surface area contributed by atoms with Gasteiger partial charge in [0, 0.05) is 25.6 Å². The molecule has 116 valence electrons. The maximum Gasteiger partial charge on any atom is 0.317 e. The second-order valence-electron chi connectivity index (χ2n) is 5.64. The smallest absolute Gasteiger partial charge is 0.317 e. The summed E-state index contributed by atoms with van der Waals surface area (Å²) in [5.41, 5.74) is 0. The van der Waals surface area contributed by atoms with Crippen molar-refractivity contribution < 1.29 is 14.7 Å². The molecule has 5 heteroatoms. The molecule has 0 aromatic heterocycles. The summed E-state index contributed by atoms with van der Waals surface area (Å²) < 4.78 is 0. The van der Waals surface area contributed by atoms with Gasteiger partial charge < -0.3 is 15.3 Å². The lowest BCUT2D eigenvalue weighted by Gasteiger charge is -2.34. The summed E-state index contributed by atoms with van der Waals surface area (Å²) in [7, 11) is 0. The fraction of sp³-hybridized carbons (Fsp3) is 0.867. The molecule has 0 aromatic rings. The van der Waals surface area contributed by atoms with Gasteiger partial charge in [0.15, 0.2) is 0 Å². The Balaban J connectivity index is 2.43. The molecule has 1 saturated carbocycles. The number of hydrogen-bond donors (Lipinski definition) is 2. The number of hydrogen-bond acceptors (Lipinski definition) is 2. The van der Waals surface area contributed by atoms with Crippen LogP contribution < -0.4 is 5.32 Å². The van der Waals surface area contributed by atoms with Gasteiger partial charge in [-0.25, -0.2) is 4.79 Å². The zero-order valence-electron chi connectivity index (χ0n) is 12.7. The SMILES string of the molecule is CCC(CNC(=O)N(CC)C1CCCCC1)CC(=O)O. The van der Waals surface area contributed by atoms with Gasteiger partial charge in [0.1, 0.15) is 0 Å². The van der Waals surface area contributed by atoms with E-state index in [1.807, 2.05) is 18.7 Å². The van der Waals surface area contributed by atoms with Crippen molar-refractivity contribution in [3.05, 3.63) is 0 Å². The molecule has 1 unspecified atom stereocenters. The van der Waals surface area contributed by atoms with Crippen LogP contribution in [0.15, 0.2) is 0 Å². The molecule has 0 radical (unpaired) electrons. The highest BCUT2D eigenvalue weighted by atomic mass is 16.4. The molecule has 5 nitrogen and oxygen atoms in total. The van der Waals surface area contributed by atoms with E-state index in [0.717, 1.165) is 19.3 Å². The standard InChI is InChI=1S/C15H28N2O3/c1-3-12(10-14(18)19)11-16-15(20)17(4-2)13-8-6-5-7-9-13/h12-13H,3-11H2,1-2H3,(H,16,20)(H,18,19). The van der Waals surface area contributed by atoms with Crippen molar-refractivity contribution in [2.75, 3.05) is 13.1 Å². The van der Waals surface area contributed by atoms with Crippen LogP contribution in [0.5, 0.6) is 0 Å². The van der Waals surface area contributed by atoms with Gasteiger partial charge in [-0.2, -0.15) is 0 Å². The average molecular weight is 284 g/mol. The highest BCUT2D eigenvalue weighted by Gasteiger charge is 2.24. The number of urea groups is 1. The predicted octanol–water partition coefficient (Wildman–Crippen LogP) is 2.85. The molecule has 0 spiro atoms. The Morgan fingerprint density at radius 1 is 1.25 bits per heavy atom. The zero-order valence-corrected chi connectivity index (χ0v) is 12.7. The minimum absolute atomic E-state index is 0.0153. The average Bonchev–Trinajstić information content (AvgIpc) is 2.45. The Labute approximate surface area is 121 Å². The Hall–Kier alpha value is -1.26. The van der Waals surface area contributed by atoms with Crippen molar-refractivity contribution in [2.24, 2.45) is 5.92 Å². The zero-order chi connectivity index (χ0) is 15.0. The number of carboxylic acid groups (broad SMARTS) is 1. The summed E-state index contributed by atoms with van der Waals surface area (Å²) >= 11 is 0. The van der Waals surface area contributed by atoms with Gasteiger partial charge in [0.25, 0.3) is 0 Å². The summed E-state index contributed by atoms with van der Waals surface area (Å²) in [5, 5.41) is 11.7. The van der Waals surface area contributed by atoms with Crippen LogP contribution in [-0.4, -0.2) is 41.1 Å². The van der Waals surface area contributed by atoms with Crippen LogP contribution in [-0.2, 0) is 4.79 Å². The van der Waals surface area contributed by atoms with E-state index in [0.29, 0.717) is 19.1 Å². The van der Waals surface area contributed by atoms with Crippen LogP contribution in [0.25, 0.3) is 0 Å². The van der Waals surface area contributed by atoms with Gasteiger partial charge in [-0.1, -0.05) is 32.6 Å². The van der Waals surface area contributed by atoms with Crippen molar-refractivity contribution in [3.63, 3.8) is 0 Å². The van der Waals surface area contributed by atoms with Crippen LogP contribution in [0.1, 0.15) is 58.8 Å². The number of aliphatic carboxylic acids is 1. The van der Waals surface area contributed by atoms with Crippen LogP contribution in [0, 0.1) is 5.92 Å². The lowest BCUT2D eigenvalue weighted by atomic mass is 9.94. The van der Waals surface area contributed by atoms with Crippen molar-refractivity contribution >= 4 is 12.0 Å². The monoisotopic (exact) mass is 284 g/mol. The minimum Gasteiger partial charge on any atom is -0.481 e. The quantitative estimate of drug-likeness (QED) is 0.755. The topological polar surface area (TPSA) is 69.6 Å². The normalized spacial score (nSPS) is 17.5. The lowest BCUT2D eigenvalue weighted by molar-refractivity contribution is -0.138. The van der Waals surface area contributed by atoms with E-state index in [1.165, 1.54) is 19.3 Å². The predicted molar refractivity (Wildman–Crippen MR) is 78.7 cm³/mol. The lowest BCUT2D eigenvalue weighted by Crippen LogP contribution is -2.47. The van der Waals surface area contributed by atoms with Crippen molar-refractivity contribution in [2.45, 2.75) is 64.8 Å². The van der Waals surface area contributed by atoms with Gasteiger partial charge >= 0.3 is 12.0 Å². The van der Waals surface area contributed by atoms with Crippen LogP contribution in [0.3, 0.4) is 0 Å². The molecule has 0 aromatic carbocycles. The molecule has 0 heterocycles. The molecular weight excluding hydrogens is 256 g/mol. The summed E-state index contributed by atoms with van der Waals surface area (Å²) in [5.74, 6) is -0.785. The second-order valence-corrected chi connectivity index (χ2v) is 5.64. The fourth-order valence-corrected chi connectivity index (χ4v) is 2.90. The molecule has 1 rings (SSSR count). The Morgan fingerprint density at radius 3 is 2.40 bits per heavy atom. The molecule has 1 fully saturated rings. The molecule has 20 heavy (non-hydrogen) atoms. The van der Waals surface area contributed by atoms with E-state index in [4.69, 9.17) is 5.11 Å². The first-order valence-electron chi connectivity index (χ1n) is 7.84. The summed E-state index contributed by atoms with van der Waals surface area (Å²) in [6, 6.07) is 0.316. The fourth-order valence-electron chi connectivity index (χ4n) is 2.90. The Bertz CT molecular complexity index is 314. The summed E-state index contributed by atoms with van der Waals surface area (Å²) in [6.45, 7) is 5.12. The third-order valence-electron chi connectivity index (χ3n) is 4.20. The summed E-state index contributed by atoms with van der Waals surface area (Å²) in [6.07, 6.45) is 6.73. The van der Waals surface area contributed by atoms with Crippen molar-refractivity contribution in [3.8, 4) is 0 Å². The molecule has 0 bridgehead atoms. The number of nitrogens with zero attached hydrogens (tertiary/aromatic N) is 1. The third kappa shape index (κ3) is 5.39. The maximum atomic E-state index is 12.2. The number of carbonyl (C=O) groups is 2. The van der Waals surface area contributed by atoms with Crippen LogP contribution in [0.4, 0.5) is 4.79 Å². The van der Waals surface area contributed by atoms with E-state index in [9.17, 15) is 9.59 Å². The molecule has 0 saturated heterocycles. The molecule has 2 amide bonds. The first kappa shape index (κ1) is 16.8. The third-order valence-corrected chi connectivity index (χ3v) is 4.20. The molecule has 1 aliphatic carbocycles. The van der Waals surface area contributed by atoms with Crippen LogP contribution >= 0.6 is 0 Å². The van der Waals surface area contributed by atoms with Crippen molar-refractivity contribution in [1.82, 2.24) is 10.2 Å². The van der Waals surface area contributed by atoms with E-state index in [-0.39, 0.29) is 18.4 Å². The molecule has 1 aliphatic rings. The molecule has 2 N–H and O–H groups in total. The molecule has 0 aliphatic heterocycles. The van der Waals surface area contributed by atoms with E-state index >= 15 is 0 Å². The second kappa shape index (κ2) is 8.82. The maximum absolute atomic E-state index is 12.2. The van der Waals surface area contributed by atoms with Gasteiger partial charge in [-0.05, 0) is 25.7 Å². The largest absolute Gasteiger partial charge is 0.481 e. The molecule has 1 atom stereocenters. The van der Waals surface area contributed by atoms with E-state index < -0.39 is 5.97 Å². The Kier molecular flexibility index (Phi) is 7.41. The minimum atomic E-state index is -0.800. The van der Waals surface area contributed by atoms with Crippen LogP contribution in [0.2, 0.25) is 0 Å². The number of amides is 2. The Morgan fingerprint density at radius 2 is 1.90 bits per heavy atom. The van der Waals surface area contributed by atoms with Gasteiger partial charge in [-0.3, -0.25) is 4.79 Å². The van der Waals surface area contributed by atoms with Crippen molar-refractivity contribution in [1.29, 1.82) is 0 Å². The van der Waals surface area contributed by atoms with E-state index in [1.54, 1.807) is 0 Å². The number of nitrogens with one attached hydrogen (secondary N) is 1. The van der Waals surface area contributed by atoms with E-state index in [2.05, 4.69) is 5.32 Å². The first-order chi connectivity index (χ1) is 9.58.